The van der Waals surface area contributed by atoms with Crippen LogP contribution in [0.5, 0.6) is 0 Å². The van der Waals surface area contributed by atoms with E-state index in [0.29, 0.717) is 0 Å². The lowest BCUT2D eigenvalue weighted by molar-refractivity contribution is -0.138. The summed E-state index contributed by atoms with van der Waals surface area (Å²) in [6, 6.07) is 0. The summed E-state index contributed by atoms with van der Waals surface area (Å²) in [6.45, 7) is -1.15. The number of amides is 5. The van der Waals surface area contributed by atoms with Crippen molar-refractivity contribution in [3.63, 3.8) is 0 Å². The predicted octanol–water partition coefficient (Wildman–Crippen LogP) is -3.82. The van der Waals surface area contributed by atoms with Crippen LogP contribution in [0.25, 0.3) is 0 Å². The highest BCUT2D eigenvalue weighted by molar-refractivity contribution is 6.12. The van der Waals surface area contributed by atoms with Crippen LogP contribution in [0.4, 0.5) is 0 Å². The highest BCUT2D eigenvalue weighted by Gasteiger charge is 2.23. The minimum atomic E-state index is -0.582. The first-order valence-corrected chi connectivity index (χ1v) is 5.97. The fourth-order valence-electron chi connectivity index (χ4n) is 1.31. The van der Waals surface area contributed by atoms with Crippen molar-refractivity contribution in [1.82, 2.24) is 20.9 Å². The van der Waals surface area contributed by atoms with Crippen LogP contribution >= 0.6 is 0 Å². The van der Waals surface area contributed by atoms with Crippen molar-refractivity contribution in [2.45, 2.75) is 0 Å². The molecule has 114 valence electrons. The maximum atomic E-state index is 11.4. The Bertz CT molecular complexity index is 483. The molecule has 0 fully saturated rings. The molecule has 5 N–H and O–H groups in total. The second-order valence-electron chi connectivity index (χ2n) is 3.95. The number of nitrogens with zero attached hydrogens (tertiary/aromatic N) is 1. The molecule has 1 rings (SSSR count). The Hall–Kier alpha value is -2.75. The Kier molecular flexibility index (Phi) is 6.01. The van der Waals surface area contributed by atoms with Crippen LogP contribution in [0.15, 0.2) is 12.2 Å². The van der Waals surface area contributed by atoms with Crippen molar-refractivity contribution < 1.29 is 24.0 Å². The molecule has 0 saturated heterocycles. The van der Waals surface area contributed by atoms with E-state index in [2.05, 4.69) is 16.0 Å². The number of hydrogen-bond donors (Lipinski definition) is 4. The predicted molar refractivity (Wildman–Crippen MR) is 69.1 cm³/mol. The molecular formula is C11H15N5O5. The van der Waals surface area contributed by atoms with Crippen LogP contribution < -0.4 is 21.7 Å². The Morgan fingerprint density at radius 1 is 0.905 bits per heavy atom. The first-order valence-electron chi connectivity index (χ1n) is 5.97. The van der Waals surface area contributed by atoms with Gasteiger partial charge in [-0.05, 0) is 0 Å². The topological polar surface area (TPSA) is 151 Å². The SMILES string of the molecule is NCC(=O)NCC(=O)NCC(=O)NCN1C(=O)C=CC1=O. The minimum absolute atomic E-state index is 0.236. The maximum Gasteiger partial charge on any atom is 0.255 e. The van der Waals surface area contributed by atoms with Crippen LogP contribution in [0.3, 0.4) is 0 Å². The lowest BCUT2D eigenvalue weighted by Crippen LogP contribution is -2.46. The second-order valence-corrected chi connectivity index (χ2v) is 3.95. The van der Waals surface area contributed by atoms with Crippen LogP contribution in [0, 0.1) is 0 Å². The van der Waals surface area contributed by atoms with Gasteiger partial charge in [0.05, 0.1) is 19.6 Å². The first-order chi connectivity index (χ1) is 9.93. The van der Waals surface area contributed by atoms with Crippen molar-refractivity contribution >= 4 is 29.5 Å². The van der Waals surface area contributed by atoms with E-state index in [-0.39, 0.29) is 26.3 Å². The van der Waals surface area contributed by atoms with Crippen LogP contribution in [-0.2, 0) is 24.0 Å². The highest BCUT2D eigenvalue weighted by atomic mass is 16.2. The lowest BCUT2D eigenvalue weighted by atomic mass is 10.5. The van der Waals surface area contributed by atoms with E-state index in [0.717, 1.165) is 17.1 Å². The maximum absolute atomic E-state index is 11.4. The average Bonchev–Trinajstić information content (AvgIpc) is 2.79. The molecule has 0 aliphatic carbocycles. The zero-order chi connectivity index (χ0) is 15.8. The molecule has 0 atom stereocenters. The first kappa shape index (κ1) is 16.3. The van der Waals surface area contributed by atoms with Gasteiger partial charge >= 0.3 is 0 Å². The van der Waals surface area contributed by atoms with E-state index in [4.69, 9.17) is 5.73 Å². The summed E-state index contributed by atoms with van der Waals surface area (Å²) >= 11 is 0. The van der Waals surface area contributed by atoms with Gasteiger partial charge in [-0.1, -0.05) is 0 Å². The van der Waals surface area contributed by atoms with E-state index in [1.165, 1.54) is 0 Å². The molecule has 1 heterocycles. The van der Waals surface area contributed by atoms with Gasteiger partial charge in [-0.15, -0.1) is 0 Å². The summed E-state index contributed by atoms with van der Waals surface area (Å²) in [5.74, 6) is -2.68. The van der Waals surface area contributed by atoms with Crippen LogP contribution in [0.1, 0.15) is 0 Å². The van der Waals surface area contributed by atoms with Gasteiger partial charge in [0.1, 0.15) is 6.67 Å². The van der Waals surface area contributed by atoms with Crippen LogP contribution in [-0.4, -0.2) is 60.7 Å². The van der Waals surface area contributed by atoms with Gasteiger partial charge in [-0.2, -0.15) is 0 Å². The highest BCUT2D eigenvalue weighted by Crippen LogP contribution is 2.00. The van der Waals surface area contributed by atoms with E-state index in [1.54, 1.807) is 0 Å². The number of nitrogens with two attached hydrogens (primary N) is 1. The van der Waals surface area contributed by atoms with E-state index >= 15 is 0 Å². The van der Waals surface area contributed by atoms with E-state index in [1.807, 2.05) is 0 Å². The van der Waals surface area contributed by atoms with E-state index < -0.39 is 29.5 Å². The summed E-state index contributed by atoms with van der Waals surface area (Å²) in [5, 5.41) is 6.78. The molecule has 21 heavy (non-hydrogen) atoms. The third-order valence-electron chi connectivity index (χ3n) is 2.41. The molecule has 0 bridgehead atoms. The quantitative estimate of drug-likeness (QED) is 0.353. The summed E-state index contributed by atoms with van der Waals surface area (Å²) in [4.78, 5) is 56.7. The lowest BCUT2D eigenvalue weighted by Gasteiger charge is -2.14. The Labute approximate surface area is 119 Å². The Morgan fingerprint density at radius 2 is 1.38 bits per heavy atom. The van der Waals surface area contributed by atoms with Gasteiger partial charge in [-0.25, -0.2) is 0 Å². The number of carbonyl (C=O) groups is 5. The molecule has 0 aromatic heterocycles. The molecule has 1 aliphatic rings. The van der Waals surface area contributed by atoms with Gasteiger partial charge in [0.15, 0.2) is 0 Å². The van der Waals surface area contributed by atoms with Gasteiger partial charge in [0, 0.05) is 12.2 Å². The number of imide groups is 1. The molecule has 10 nitrogen and oxygen atoms in total. The van der Waals surface area contributed by atoms with Crippen molar-refractivity contribution in [1.29, 1.82) is 0 Å². The minimum Gasteiger partial charge on any atom is -0.346 e. The molecule has 10 heteroatoms. The van der Waals surface area contributed by atoms with Crippen molar-refractivity contribution in [2.24, 2.45) is 5.73 Å². The summed E-state index contributed by atoms with van der Waals surface area (Å²) in [6.07, 6.45) is 2.19. The molecular weight excluding hydrogens is 282 g/mol. The average molecular weight is 297 g/mol. The Balaban J connectivity index is 2.19. The summed E-state index contributed by atoms with van der Waals surface area (Å²) in [5.41, 5.74) is 5.03. The third kappa shape index (κ3) is 5.40. The molecule has 0 saturated carbocycles. The largest absolute Gasteiger partial charge is 0.346 e. The van der Waals surface area contributed by atoms with Gasteiger partial charge < -0.3 is 21.7 Å². The van der Waals surface area contributed by atoms with Crippen molar-refractivity contribution in [2.75, 3.05) is 26.3 Å². The normalized spacial score (nSPS) is 13.3. The van der Waals surface area contributed by atoms with Crippen molar-refractivity contribution in [3.05, 3.63) is 12.2 Å². The molecule has 0 aromatic rings. The molecule has 1 aliphatic heterocycles. The summed E-state index contributed by atoms with van der Waals surface area (Å²) < 4.78 is 0. The Morgan fingerprint density at radius 3 is 1.90 bits per heavy atom. The van der Waals surface area contributed by atoms with Gasteiger partial charge in [0.2, 0.25) is 17.7 Å². The number of nitrogens with one attached hydrogen (secondary N) is 3. The van der Waals surface area contributed by atoms with Crippen LogP contribution in [0.2, 0.25) is 0 Å². The van der Waals surface area contributed by atoms with Gasteiger partial charge in [0.25, 0.3) is 11.8 Å². The number of rotatable bonds is 7. The molecule has 0 aromatic carbocycles. The zero-order valence-electron chi connectivity index (χ0n) is 11.0. The second kappa shape index (κ2) is 7.75. The molecule has 0 radical (unpaired) electrons. The van der Waals surface area contributed by atoms with E-state index in [9.17, 15) is 24.0 Å². The monoisotopic (exact) mass is 297 g/mol. The smallest absolute Gasteiger partial charge is 0.255 e. The van der Waals surface area contributed by atoms with Gasteiger partial charge in [-0.3, -0.25) is 28.9 Å². The third-order valence-corrected chi connectivity index (χ3v) is 2.41. The van der Waals surface area contributed by atoms with Crippen molar-refractivity contribution in [3.8, 4) is 0 Å². The molecule has 0 spiro atoms. The standard InChI is InChI=1S/C11H15N5O5/c12-3-7(17)13-4-8(18)14-5-9(19)15-6-16-10(20)1-2-11(16)21/h1-2H,3-6,12H2,(H,13,17)(H,14,18)(H,15,19). The summed E-state index contributed by atoms with van der Waals surface area (Å²) in [7, 11) is 0. The number of hydrogen-bond acceptors (Lipinski definition) is 6. The fourth-order valence-corrected chi connectivity index (χ4v) is 1.31. The molecule has 5 amide bonds. The fraction of sp³-hybridized carbons (Fsp3) is 0.364. The zero-order valence-corrected chi connectivity index (χ0v) is 11.0. The number of carbonyl (C=O) groups excluding carboxylic acids is 5. The molecule has 0 unspecified atom stereocenters.